The zero-order valence-corrected chi connectivity index (χ0v) is 19.0. The van der Waals surface area contributed by atoms with Crippen molar-refractivity contribution in [3.05, 3.63) is 70.7 Å². The van der Waals surface area contributed by atoms with Gasteiger partial charge in [0.1, 0.15) is 10.0 Å². The molecule has 1 N–H and O–H groups in total. The second kappa shape index (κ2) is 9.25. The molecule has 10 heteroatoms. The van der Waals surface area contributed by atoms with E-state index in [-0.39, 0.29) is 16.5 Å². The highest BCUT2D eigenvalue weighted by atomic mass is 35.5. The molecule has 1 saturated heterocycles. The second-order valence-electron chi connectivity index (χ2n) is 7.09. The number of thiophene rings is 1. The van der Waals surface area contributed by atoms with Crippen molar-refractivity contribution in [2.75, 3.05) is 35.8 Å². The minimum atomic E-state index is -3.58. The van der Waals surface area contributed by atoms with Gasteiger partial charge in [-0.25, -0.2) is 13.4 Å². The Bertz CT molecular complexity index is 1140. The first-order chi connectivity index (χ1) is 14.9. The van der Waals surface area contributed by atoms with Crippen LogP contribution < -0.4 is 9.62 Å². The zero-order valence-electron chi connectivity index (χ0n) is 16.6. The summed E-state index contributed by atoms with van der Waals surface area (Å²) in [7, 11) is -3.58. The molecule has 0 aliphatic carbocycles. The molecule has 0 unspecified atom stereocenters. The topological polar surface area (TPSA) is 82.6 Å². The maximum atomic E-state index is 12.7. The molecular formula is C21H21ClN4O3S2. The Labute approximate surface area is 190 Å². The number of hydrogen-bond acceptors (Lipinski definition) is 6. The average Bonchev–Trinajstić information content (AvgIpc) is 3.32. The number of nitrogens with zero attached hydrogens (tertiary/aromatic N) is 3. The van der Waals surface area contributed by atoms with Crippen molar-refractivity contribution in [3.63, 3.8) is 0 Å². The number of anilines is 2. The van der Waals surface area contributed by atoms with Crippen LogP contribution in [0.4, 0.5) is 11.5 Å². The quantitative estimate of drug-likeness (QED) is 0.589. The van der Waals surface area contributed by atoms with Gasteiger partial charge in [0.05, 0.1) is 11.4 Å². The van der Waals surface area contributed by atoms with E-state index in [9.17, 15) is 13.2 Å². The van der Waals surface area contributed by atoms with Crippen LogP contribution in [0.25, 0.3) is 0 Å². The molecule has 0 atom stereocenters. The van der Waals surface area contributed by atoms with E-state index in [0.717, 1.165) is 22.7 Å². The van der Waals surface area contributed by atoms with E-state index in [1.807, 2.05) is 11.0 Å². The Kier molecular flexibility index (Phi) is 6.45. The molecule has 1 aliphatic rings. The first kappa shape index (κ1) is 21.6. The zero-order chi connectivity index (χ0) is 21.8. The van der Waals surface area contributed by atoms with Crippen LogP contribution in [0, 0.1) is 0 Å². The van der Waals surface area contributed by atoms with Crippen molar-refractivity contribution < 1.29 is 13.2 Å². The Morgan fingerprint density at radius 3 is 2.45 bits per heavy atom. The Balaban J connectivity index is 1.32. The number of benzene rings is 1. The predicted octanol–water partition coefficient (Wildman–Crippen LogP) is 3.49. The van der Waals surface area contributed by atoms with Crippen LogP contribution in [0.15, 0.2) is 64.3 Å². The minimum absolute atomic E-state index is 0.0404. The molecule has 3 heterocycles. The van der Waals surface area contributed by atoms with Gasteiger partial charge < -0.3 is 9.80 Å². The highest BCUT2D eigenvalue weighted by molar-refractivity contribution is 7.94. The molecule has 3 aromatic rings. The lowest BCUT2D eigenvalue weighted by atomic mass is 10.1. The SMILES string of the molecule is O=C(Cc1ccc(NS(=O)(=O)c2cccs2)cc1)N1CCN(c2ncccc2Cl)CC1. The van der Waals surface area contributed by atoms with Gasteiger partial charge in [0.2, 0.25) is 5.91 Å². The first-order valence-electron chi connectivity index (χ1n) is 9.71. The summed E-state index contributed by atoms with van der Waals surface area (Å²) in [5, 5.41) is 2.32. The standard InChI is InChI=1S/C21H21ClN4O3S2/c22-18-3-1-9-23-21(18)26-12-10-25(11-13-26)19(27)15-16-5-7-17(8-6-16)24-31(28,29)20-4-2-14-30-20/h1-9,14,24H,10-13,15H2. The minimum Gasteiger partial charge on any atom is -0.352 e. The molecule has 162 valence electrons. The molecule has 1 aromatic carbocycles. The number of hydrogen-bond donors (Lipinski definition) is 1. The van der Waals surface area contributed by atoms with Gasteiger partial charge in [0.15, 0.2) is 0 Å². The summed E-state index contributed by atoms with van der Waals surface area (Å²) >= 11 is 7.38. The number of carbonyl (C=O) groups excluding carboxylic acids is 1. The lowest BCUT2D eigenvalue weighted by molar-refractivity contribution is -0.130. The van der Waals surface area contributed by atoms with Crippen molar-refractivity contribution in [1.29, 1.82) is 0 Å². The number of carbonyl (C=O) groups is 1. The van der Waals surface area contributed by atoms with E-state index in [1.54, 1.807) is 54.0 Å². The van der Waals surface area contributed by atoms with Crippen LogP contribution >= 0.6 is 22.9 Å². The van der Waals surface area contributed by atoms with Crippen LogP contribution in [-0.2, 0) is 21.2 Å². The van der Waals surface area contributed by atoms with Gasteiger partial charge >= 0.3 is 0 Å². The summed E-state index contributed by atoms with van der Waals surface area (Å²) < 4.78 is 27.4. The molecule has 1 amide bonds. The van der Waals surface area contributed by atoms with Crippen molar-refractivity contribution >= 4 is 50.4 Å². The van der Waals surface area contributed by atoms with Crippen molar-refractivity contribution in [2.45, 2.75) is 10.6 Å². The summed E-state index contributed by atoms with van der Waals surface area (Å²) in [6, 6.07) is 13.8. The van der Waals surface area contributed by atoms with Crippen molar-refractivity contribution in [2.24, 2.45) is 0 Å². The van der Waals surface area contributed by atoms with E-state index >= 15 is 0 Å². The van der Waals surface area contributed by atoms with E-state index in [4.69, 9.17) is 11.6 Å². The Hall–Kier alpha value is -2.62. The Morgan fingerprint density at radius 2 is 1.81 bits per heavy atom. The molecule has 7 nitrogen and oxygen atoms in total. The summed E-state index contributed by atoms with van der Waals surface area (Å²) in [5.74, 6) is 0.788. The molecule has 0 bridgehead atoms. The smallest absolute Gasteiger partial charge is 0.271 e. The fraction of sp³-hybridized carbons (Fsp3) is 0.238. The third-order valence-corrected chi connectivity index (χ3v) is 8.07. The number of amides is 1. The van der Waals surface area contributed by atoms with Gasteiger partial charge in [0.25, 0.3) is 10.0 Å². The van der Waals surface area contributed by atoms with Crippen LogP contribution in [0.5, 0.6) is 0 Å². The van der Waals surface area contributed by atoms with Crippen LogP contribution in [0.2, 0.25) is 5.02 Å². The monoisotopic (exact) mass is 476 g/mol. The fourth-order valence-electron chi connectivity index (χ4n) is 3.38. The molecular weight excluding hydrogens is 456 g/mol. The molecule has 0 spiro atoms. The predicted molar refractivity (Wildman–Crippen MR) is 123 cm³/mol. The number of nitrogens with one attached hydrogen (secondary N) is 1. The normalized spacial score (nSPS) is 14.5. The number of rotatable bonds is 6. The van der Waals surface area contributed by atoms with Crippen LogP contribution in [-0.4, -0.2) is 50.4 Å². The van der Waals surface area contributed by atoms with Crippen molar-refractivity contribution in [1.82, 2.24) is 9.88 Å². The largest absolute Gasteiger partial charge is 0.352 e. The van der Waals surface area contributed by atoms with Gasteiger partial charge in [-0.1, -0.05) is 29.8 Å². The molecule has 2 aromatic heterocycles. The van der Waals surface area contributed by atoms with Crippen LogP contribution in [0.1, 0.15) is 5.56 Å². The maximum absolute atomic E-state index is 12.7. The number of piperazine rings is 1. The third kappa shape index (κ3) is 5.17. The van der Waals surface area contributed by atoms with Gasteiger partial charge in [-0.2, -0.15) is 0 Å². The van der Waals surface area contributed by atoms with Gasteiger partial charge in [0, 0.05) is 38.1 Å². The Morgan fingerprint density at radius 1 is 1.06 bits per heavy atom. The van der Waals surface area contributed by atoms with Crippen molar-refractivity contribution in [3.8, 4) is 0 Å². The maximum Gasteiger partial charge on any atom is 0.271 e. The first-order valence-corrected chi connectivity index (χ1v) is 12.4. The highest BCUT2D eigenvalue weighted by Crippen LogP contribution is 2.24. The van der Waals surface area contributed by atoms with Gasteiger partial charge in [-0.15, -0.1) is 11.3 Å². The van der Waals surface area contributed by atoms with Crippen LogP contribution in [0.3, 0.4) is 0 Å². The molecule has 1 fully saturated rings. The molecule has 4 rings (SSSR count). The summed E-state index contributed by atoms with van der Waals surface area (Å²) in [5.41, 5.74) is 1.30. The van der Waals surface area contributed by atoms with Gasteiger partial charge in [-0.3, -0.25) is 9.52 Å². The second-order valence-corrected chi connectivity index (χ2v) is 10.4. The number of aromatic nitrogens is 1. The molecule has 1 aliphatic heterocycles. The van der Waals surface area contributed by atoms with Gasteiger partial charge in [-0.05, 0) is 41.3 Å². The number of pyridine rings is 1. The lowest BCUT2D eigenvalue weighted by Crippen LogP contribution is -2.49. The lowest BCUT2D eigenvalue weighted by Gasteiger charge is -2.35. The molecule has 31 heavy (non-hydrogen) atoms. The summed E-state index contributed by atoms with van der Waals surface area (Å²) in [6.07, 6.45) is 1.98. The number of sulfonamides is 1. The van der Waals surface area contributed by atoms with E-state index in [0.29, 0.717) is 36.9 Å². The molecule has 0 saturated carbocycles. The summed E-state index contributed by atoms with van der Waals surface area (Å²) in [6.45, 7) is 2.55. The van der Waals surface area contributed by atoms with E-state index < -0.39 is 10.0 Å². The highest BCUT2D eigenvalue weighted by Gasteiger charge is 2.23. The molecule has 0 radical (unpaired) electrons. The third-order valence-electron chi connectivity index (χ3n) is 4.99. The average molecular weight is 477 g/mol. The fourth-order valence-corrected chi connectivity index (χ4v) is 5.67. The number of halogens is 1. The summed E-state index contributed by atoms with van der Waals surface area (Å²) in [4.78, 5) is 21.0. The van der Waals surface area contributed by atoms with E-state index in [1.165, 1.54) is 0 Å². The van der Waals surface area contributed by atoms with E-state index in [2.05, 4.69) is 14.6 Å².